The van der Waals surface area contributed by atoms with Crippen LogP contribution in [-0.2, 0) is 17.4 Å². The second-order valence-corrected chi connectivity index (χ2v) is 5.69. The van der Waals surface area contributed by atoms with E-state index in [4.69, 9.17) is 0 Å². The summed E-state index contributed by atoms with van der Waals surface area (Å²) in [5.41, 5.74) is -0.160. The molecule has 2 rings (SSSR count). The van der Waals surface area contributed by atoms with E-state index in [2.05, 4.69) is 15.9 Å². The Kier molecular flexibility index (Phi) is 5.22. The molecule has 0 heterocycles. The second kappa shape index (κ2) is 6.97. The van der Waals surface area contributed by atoms with Gasteiger partial charge in [0.05, 0.1) is 11.6 Å². The average Bonchev–Trinajstić information content (AvgIpc) is 2.49. The van der Waals surface area contributed by atoms with E-state index in [1.807, 2.05) is 6.07 Å². The summed E-state index contributed by atoms with van der Waals surface area (Å²) >= 11 is 2.89. The maximum absolute atomic E-state index is 12.9. The quantitative estimate of drug-likeness (QED) is 0.756. The molecule has 0 saturated carbocycles. The first-order valence-corrected chi connectivity index (χ1v) is 7.45. The van der Waals surface area contributed by atoms with Crippen molar-refractivity contribution in [1.82, 2.24) is 0 Å². The third-order valence-electron chi connectivity index (χ3n) is 3.32. The van der Waals surface area contributed by atoms with E-state index in [-0.39, 0.29) is 16.5 Å². The Morgan fingerprint density at radius 1 is 1.13 bits per heavy atom. The molecule has 0 aromatic heterocycles. The number of rotatable bonds is 4. The molecule has 1 unspecified atom stereocenters. The predicted octanol–water partition coefficient (Wildman–Crippen LogP) is 4.89. The summed E-state index contributed by atoms with van der Waals surface area (Å²) in [6.45, 7) is 0. The van der Waals surface area contributed by atoms with E-state index in [9.17, 15) is 23.2 Å². The van der Waals surface area contributed by atoms with Crippen LogP contribution in [0.3, 0.4) is 0 Å². The number of halogens is 4. The summed E-state index contributed by atoms with van der Waals surface area (Å²) in [4.78, 5) is 12.3. The molecule has 0 aliphatic heterocycles. The van der Waals surface area contributed by atoms with Crippen LogP contribution in [0.15, 0.2) is 53.0 Å². The molecule has 1 atom stereocenters. The van der Waals surface area contributed by atoms with Crippen molar-refractivity contribution in [2.24, 2.45) is 0 Å². The van der Waals surface area contributed by atoms with E-state index < -0.39 is 23.4 Å². The zero-order valence-corrected chi connectivity index (χ0v) is 13.4. The van der Waals surface area contributed by atoms with E-state index in [0.717, 1.165) is 6.07 Å². The number of Topliss-reactive ketones (excluding diaryl/α,β-unsaturated/α-hetero) is 1. The SMILES string of the molecule is N#CC(C(=O)Cc1ccccc1)c1cccc(C(F)(F)F)c1Br. The molecular formula is C17H11BrF3NO. The Morgan fingerprint density at radius 3 is 2.35 bits per heavy atom. The molecule has 2 aromatic carbocycles. The number of alkyl halides is 3. The van der Waals surface area contributed by atoms with Crippen molar-refractivity contribution in [3.63, 3.8) is 0 Å². The molecule has 0 amide bonds. The number of nitriles is 1. The van der Waals surface area contributed by atoms with Crippen LogP contribution in [0.4, 0.5) is 13.2 Å². The highest BCUT2D eigenvalue weighted by Gasteiger charge is 2.35. The lowest BCUT2D eigenvalue weighted by molar-refractivity contribution is -0.138. The fourth-order valence-corrected chi connectivity index (χ4v) is 2.92. The first kappa shape index (κ1) is 17.2. The van der Waals surface area contributed by atoms with Gasteiger partial charge in [0, 0.05) is 10.9 Å². The molecule has 0 fully saturated rings. The van der Waals surface area contributed by atoms with Crippen LogP contribution in [0, 0.1) is 11.3 Å². The van der Waals surface area contributed by atoms with Gasteiger partial charge in [-0.25, -0.2) is 0 Å². The Labute approximate surface area is 139 Å². The lowest BCUT2D eigenvalue weighted by atomic mass is 9.91. The van der Waals surface area contributed by atoms with Crippen LogP contribution >= 0.6 is 15.9 Å². The summed E-state index contributed by atoms with van der Waals surface area (Å²) in [6.07, 6.45) is -4.57. The minimum atomic E-state index is -4.56. The Hall–Kier alpha value is -2.13. The zero-order chi connectivity index (χ0) is 17.0. The number of carbonyl (C=O) groups excluding carboxylic acids is 1. The Bertz CT molecular complexity index is 751. The maximum atomic E-state index is 12.9. The fraction of sp³-hybridized carbons (Fsp3) is 0.176. The monoisotopic (exact) mass is 381 g/mol. The number of ketones is 1. The van der Waals surface area contributed by atoms with Crippen molar-refractivity contribution in [3.8, 4) is 6.07 Å². The van der Waals surface area contributed by atoms with Gasteiger partial charge in [-0.15, -0.1) is 0 Å². The van der Waals surface area contributed by atoms with Crippen LogP contribution in [0.1, 0.15) is 22.6 Å². The van der Waals surface area contributed by atoms with Gasteiger partial charge in [0.25, 0.3) is 0 Å². The molecular weight excluding hydrogens is 371 g/mol. The Morgan fingerprint density at radius 2 is 1.78 bits per heavy atom. The first-order chi connectivity index (χ1) is 10.8. The van der Waals surface area contributed by atoms with E-state index in [1.54, 1.807) is 30.3 Å². The highest BCUT2D eigenvalue weighted by Crippen LogP contribution is 2.38. The molecule has 23 heavy (non-hydrogen) atoms. The van der Waals surface area contributed by atoms with Crippen molar-refractivity contribution in [3.05, 3.63) is 69.7 Å². The lowest BCUT2D eigenvalue weighted by Gasteiger charge is -2.15. The lowest BCUT2D eigenvalue weighted by Crippen LogP contribution is -2.16. The van der Waals surface area contributed by atoms with Crippen LogP contribution in [0.2, 0.25) is 0 Å². The molecule has 0 aliphatic rings. The van der Waals surface area contributed by atoms with Crippen molar-refractivity contribution >= 4 is 21.7 Å². The van der Waals surface area contributed by atoms with Crippen molar-refractivity contribution < 1.29 is 18.0 Å². The largest absolute Gasteiger partial charge is 0.417 e. The molecule has 2 aromatic rings. The number of nitrogens with zero attached hydrogens (tertiary/aromatic N) is 1. The van der Waals surface area contributed by atoms with Crippen LogP contribution in [-0.4, -0.2) is 5.78 Å². The van der Waals surface area contributed by atoms with Crippen LogP contribution < -0.4 is 0 Å². The molecule has 0 spiro atoms. The molecule has 6 heteroatoms. The van der Waals surface area contributed by atoms with Crippen molar-refractivity contribution in [2.45, 2.75) is 18.5 Å². The normalized spacial score (nSPS) is 12.5. The van der Waals surface area contributed by atoms with E-state index in [0.29, 0.717) is 5.56 Å². The van der Waals surface area contributed by atoms with Crippen molar-refractivity contribution in [2.75, 3.05) is 0 Å². The standard InChI is InChI=1S/C17H11BrF3NO/c18-16-12(7-4-8-14(16)17(19,20)21)13(10-22)15(23)9-11-5-2-1-3-6-11/h1-8,13H,9H2. The van der Waals surface area contributed by atoms with Crippen LogP contribution in [0.5, 0.6) is 0 Å². The van der Waals surface area contributed by atoms with Gasteiger partial charge in [-0.1, -0.05) is 42.5 Å². The van der Waals surface area contributed by atoms with Gasteiger partial charge in [0.2, 0.25) is 0 Å². The highest BCUT2D eigenvalue weighted by atomic mass is 79.9. The van der Waals surface area contributed by atoms with E-state index in [1.165, 1.54) is 12.1 Å². The summed E-state index contributed by atoms with van der Waals surface area (Å²) in [7, 11) is 0. The number of hydrogen-bond acceptors (Lipinski definition) is 2. The number of carbonyl (C=O) groups is 1. The number of benzene rings is 2. The summed E-state index contributed by atoms with van der Waals surface area (Å²) in [6, 6.07) is 14.0. The smallest absolute Gasteiger partial charge is 0.297 e. The van der Waals surface area contributed by atoms with Gasteiger partial charge in [-0.3, -0.25) is 4.79 Å². The molecule has 0 N–H and O–H groups in total. The van der Waals surface area contributed by atoms with Gasteiger partial charge >= 0.3 is 6.18 Å². The number of hydrogen-bond donors (Lipinski definition) is 0. The molecule has 0 saturated heterocycles. The minimum Gasteiger partial charge on any atom is -0.297 e. The third kappa shape index (κ3) is 3.99. The van der Waals surface area contributed by atoms with Gasteiger partial charge < -0.3 is 0 Å². The van der Waals surface area contributed by atoms with Crippen molar-refractivity contribution in [1.29, 1.82) is 5.26 Å². The molecule has 118 valence electrons. The van der Waals surface area contributed by atoms with Crippen LogP contribution in [0.25, 0.3) is 0 Å². The first-order valence-electron chi connectivity index (χ1n) is 6.66. The molecule has 2 nitrogen and oxygen atoms in total. The van der Waals surface area contributed by atoms with E-state index >= 15 is 0 Å². The molecule has 0 aliphatic carbocycles. The minimum absolute atomic E-state index is 0.0122. The second-order valence-electron chi connectivity index (χ2n) is 4.90. The van der Waals surface area contributed by atoms with Gasteiger partial charge in [-0.2, -0.15) is 18.4 Å². The highest BCUT2D eigenvalue weighted by molar-refractivity contribution is 9.10. The van der Waals surface area contributed by atoms with Gasteiger partial charge in [0.1, 0.15) is 5.92 Å². The average molecular weight is 382 g/mol. The summed E-state index contributed by atoms with van der Waals surface area (Å²) in [5, 5.41) is 9.27. The summed E-state index contributed by atoms with van der Waals surface area (Å²) < 4.78 is 38.6. The molecule has 0 bridgehead atoms. The summed E-state index contributed by atoms with van der Waals surface area (Å²) in [5.74, 6) is -1.70. The molecule has 0 radical (unpaired) electrons. The topological polar surface area (TPSA) is 40.9 Å². The third-order valence-corrected chi connectivity index (χ3v) is 4.20. The van der Waals surface area contributed by atoms with Gasteiger partial charge in [-0.05, 0) is 33.1 Å². The zero-order valence-electron chi connectivity index (χ0n) is 11.8. The van der Waals surface area contributed by atoms with Gasteiger partial charge in [0.15, 0.2) is 5.78 Å². The maximum Gasteiger partial charge on any atom is 0.417 e. The Balaban J connectivity index is 2.35. The fourth-order valence-electron chi connectivity index (χ4n) is 2.21. The predicted molar refractivity (Wildman–Crippen MR) is 82.7 cm³/mol.